The molecule has 48 heavy (non-hydrogen) atoms. The van der Waals surface area contributed by atoms with Gasteiger partial charge in [0.25, 0.3) is 20.0 Å². The van der Waals surface area contributed by atoms with Crippen molar-refractivity contribution in [2.45, 2.75) is 49.1 Å². The molecule has 5 rings (SSSR count). The minimum atomic E-state index is -5.88. The van der Waals surface area contributed by atoms with Gasteiger partial charge < -0.3 is 55.8 Å². The van der Waals surface area contributed by atoms with E-state index in [1.54, 1.807) is 0 Å². The Morgan fingerprint density at radius 2 is 1.69 bits per heavy atom. The molecular formula is C21H28N7O17P3. The first-order valence-electron chi connectivity index (χ1n) is 13.3. The summed E-state index contributed by atoms with van der Waals surface area (Å²) >= 11 is 0. The average molecular weight is 743 g/mol. The Morgan fingerprint density at radius 3 is 2.31 bits per heavy atom. The lowest BCUT2D eigenvalue weighted by Gasteiger charge is -2.25. The third-order valence-electron chi connectivity index (χ3n) is 6.97. The molecule has 0 bridgehead atoms. The van der Waals surface area contributed by atoms with Gasteiger partial charge in [-0.2, -0.15) is 4.57 Å². The predicted molar refractivity (Wildman–Crippen MR) is 148 cm³/mol. The normalized spacial score (nSPS) is 30.3. The van der Waals surface area contributed by atoms with Crippen LogP contribution in [0, 0.1) is 0 Å². The van der Waals surface area contributed by atoms with Gasteiger partial charge in [0, 0.05) is 6.07 Å². The van der Waals surface area contributed by atoms with Gasteiger partial charge in [0.05, 0.1) is 19.5 Å². The molecule has 3 aromatic rings. The van der Waals surface area contributed by atoms with Crippen LogP contribution < -0.4 is 20.9 Å². The Hall–Kier alpha value is -2.86. The molecule has 2 aliphatic heterocycles. The summed E-state index contributed by atoms with van der Waals surface area (Å²) in [6.45, 7) is -2.08. The number of aliphatic hydroxyl groups is 3. The molecule has 264 valence electrons. The van der Waals surface area contributed by atoms with Crippen LogP contribution in [0.25, 0.3) is 11.2 Å². The van der Waals surface area contributed by atoms with Crippen LogP contribution in [0.2, 0.25) is 0 Å². The molecule has 0 radical (unpaired) electrons. The Morgan fingerprint density at radius 1 is 1.02 bits per heavy atom. The standard InChI is InChI=1S/C21H28N7O17P3/c22-17-12-19(25-7-24-17)28(8-26-12)21-16(44-46(33,34)35)14(30)11(43-21)6-41-48(39,45-47(36,37)38)40-5-10-13(29)15(31)20(42-10)27-3-1-2-9(4-27)18(23)32/h1-4,7-8,10-11,13-16,20-21,29-31H,5-6H2,(H7-,22,23,24,25,32,33,34,35,36,37,38)/t10-,11-,13-,14-,15-,16-,20-,21-,48?/m1/s1. The molecule has 3 aromatic heterocycles. The molecule has 2 saturated heterocycles. The second kappa shape index (κ2) is 13.8. The first-order valence-corrected chi connectivity index (χ1v) is 17.8. The smallest absolute Gasteiger partial charge is 0.481 e. The van der Waals surface area contributed by atoms with Crippen molar-refractivity contribution in [1.82, 2.24) is 19.5 Å². The van der Waals surface area contributed by atoms with E-state index in [-0.39, 0.29) is 22.5 Å². The van der Waals surface area contributed by atoms with Gasteiger partial charge >= 0.3 is 15.6 Å². The number of nitrogens with zero attached hydrogens (tertiary/aromatic N) is 5. The number of phosphoric ester groups is 2. The molecule has 0 spiro atoms. The summed E-state index contributed by atoms with van der Waals surface area (Å²) in [5.74, 6) is -0.878. The van der Waals surface area contributed by atoms with E-state index in [1.165, 1.54) is 29.1 Å². The van der Waals surface area contributed by atoms with Crippen LogP contribution in [0.4, 0.5) is 5.82 Å². The lowest BCUT2D eigenvalue weighted by molar-refractivity contribution is -0.765. The van der Waals surface area contributed by atoms with Gasteiger partial charge in [0.1, 0.15) is 47.9 Å². The fraction of sp³-hybridized carbons (Fsp3) is 0.476. The van der Waals surface area contributed by atoms with E-state index in [4.69, 9.17) is 34.5 Å². The SMILES string of the molecule is NC(=O)c1ccc[n+]([C@@H]2O[C@H](COP(=O)(OC[C@H]3O[C@@H](n4cnc5c(N)ncnc54)[C@H](OP(=O)(O)O)[C@@H]3O)OP(=O)([O-])O)[C@@H](O)[C@H]2O)c1. The third-order valence-corrected chi connectivity index (χ3v) is 10.0. The number of carbonyl (C=O) groups is 1. The molecule has 27 heteroatoms. The lowest BCUT2D eigenvalue weighted by Crippen LogP contribution is -2.46. The molecule has 2 unspecified atom stereocenters. The van der Waals surface area contributed by atoms with E-state index in [0.717, 1.165) is 17.2 Å². The molecule has 0 aromatic carbocycles. The lowest BCUT2D eigenvalue weighted by atomic mass is 10.1. The number of pyridine rings is 1. The molecule has 2 aliphatic rings. The number of nitrogens with two attached hydrogens (primary N) is 2. The maximum atomic E-state index is 13.3. The van der Waals surface area contributed by atoms with Crippen molar-refractivity contribution in [3.63, 3.8) is 0 Å². The van der Waals surface area contributed by atoms with Crippen LogP contribution >= 0.6 is 23.5 Å². The van der Waals surface area contributed by atoms with Crippen LogP contribution in [0.15, 0.2) is 37.2 Å². The summed E-state index contributed by atoms with van der Waals surface area (Å²) in [6, 6.07) is 2.77. The van der Waals surface area contributed by atoms with Gasteiger partial charge in [-0.05, 0) is 6.07 Å². The first-order chi connectivity index (χ1) is 22.4. The van der Waals surface area contributed by atoms with Gasteiger partial charge in [0.2, 0.25) is 0 Å². The minimum Gasteiger partial charge on any atom is -0.756 e. The van der Waals surface area contributed by atoms with Crippen molar-refractivity contribution >= 4 is 46.4 Å². The highest BCUT2D eigenvalue weighted by Gasteiger charge is 2.52. The number of carbonyl (C=O) groups excluding carboxylic acids is 1. The van der Waals surface area contributed by atoms with E-state index < -0.39 is 91.7 Å². The number of primary amides is 1. The van der Waals surface area contributed by atoms with E-state index in [1.807, 2.05) is 0 Å². The number of rotatable bonds is 13. The summed E-state index contributed by atoms with van der Waals surface area (Å²) < 4.78 is 69.0. The molecule has 0 aliphatic carbocycles. The quantitative estimate of drug-likeness (QED) is 0.0621. The maximum absolute atomic E-state index is 13.3. The number of fused-ring (bicyclic) bond motifs is 1. The minimum absolute atomic E-state index is 0.0133. The van der Waals surface area contributed by atoms with Gasteiger partial charge in [-0.3, -0.25) is 27.5 Å². The topological polar surface area (TPSA) is 368 Å². The van der Waals surface area contributed by atoms with E-state index in [0.29, 0.717) is 0 Å². The highest BCUT2D eigenvalue weighted by molar-refractivity contribution is 7.60. The number of ether oxygens (including phenoxy) is 2. The second-order valence-electron chi connectivity index (χ2n) is 10.2. The molecule has 5 heterocycles. The Balaban J connectivity index is 1.32. The number of phosphoric acid groups is 3. The average Bonchev–Trinajstić information content (AvgIpc) is 3.64. The number of anilines is 1. The van der Waals surface area contributed by atoms with Crippen molar-refractivity contribution < 1.29 is 85.3 Å². The maximum Gasteiger partial charge on any atom is 0.481 e. The number of nitrogen functional groups attached to an aromatic ring is 1. The van der Waals surface area contributed by atoms with Gasteiger partial charge in [0.15, 0.2) is 36.2 Å². The van der Waals surface area contributed by atoms with Crippen LogP contribution in [0.1, 0.15) is 22.8 Å². The summed E-state index contributed by atoms with van der Waals surface area (Å²) in [6.07, 6.45) is -8.76. The van der Waals surface area contributed by atoms with Crippen molar-refractivity contribution in [1.29, 1.82) is 0 Å². The fourth-order valence-corrected chi connectivity index (χ4v) is 7.53. The monoisotopic (exact) mass is 743 g/mol. The molecule has 2 fully saturated rings. The summed E-state index contributed by atoms with van der Waals surface area (Å²) in [5.41, 5.74) is 11.1. The summed E-state index contributed by atoms with van der Waals surface area (Å²) in [5, 5.41) is 31.9. The van der Waals surface area contributed by atoms with Crippen molar-refractivity contribution in [2.75, 3.05) is 18.9 Å². The predicted octanol–water partition coefficient (Wildman–Crippen LogP) is -3.53. The highest BCUT2D eigenvalue weighted by atomic mass is 31.3. The Kier molecular flexibility index (Phi) is 10.5. The summed E-state index contributed by atoms with van der Waals surface area (Å²) in [4.78, 5) is 63.0. The van der Waals surface area contributed by atoms with Crippen LogP contribution in [-0.4, -0.2) is 105 Å². The largest absolute Gasteiger partial charge is 0.756 e. The zero-order valence-corrected chi connectivity index (χ0v) is 26.6. The second-order valence-corrected chi connectivity index (χ2v) is 14.4. The number of hydrogen-bond donors (Lipinski definition) is 8. The molecule has 24 nitrogen and oxygen atoms in total. The number of aromatic nitrogens is 5. The zero-order valence-electron chi connectivity index (χ0n) is 23.9. The number of hydrogen-bond acceptors (Lipinski definition) is 18. The first kappa shape index (κ1) is 36.4. The number of amides is 1. The number of aliphatic hydroxyl groups excluding tert-OH is 3. The molecule has 0 saturated carbocycles. The van der Waals surface area contributed by atoms with Crippen LogP contribution in [-0.2, 0) is 41.1 Å². The van der Waals surface area contributed by atoms with Crippen molar-refractivity contribution in [3.8, 4) is 0 Å². The molecule has 1 amide bonds. The molecular weight excluding hydrogens is 715 g/mol. The zero-order chi connectivity index (χ0) is 35.2. The Labute approximate surface area is 267 Å². The third kappa shape index (κ3) is 8.12. The number of imidazole rings is 1. The van der Waals surface area contributed by atoms with E-state index in [9.17, 15) is 53.4 Å². The van der Waals surface area contributed by atoms with Crippen molar-refractivity contribution in [3.05, 3.63) is 42.7 Å². The van der Waals surface area contributed by atoms with Gasteiger partial charge in [-0.15, -0.1) is 0 Å². The molecule has 10 atom stereocenters. The van der Waals surface area contributed by atoms with E-state index >= 15 is 0 Å². The van der Waals surface area contributed by atoms with E-state index in [2.05, 4.69) is 19.3 Å². The highest BCUT2D eigenvalue weighted by Crippen LogP contribution is 2.60. The van der Waals surface area contributed by atoms with Gasteiger partial charge in [-0.1, -0.05) is 0 Å². The van der Waals surface area contributed by atoms with Crippen LogP contribution in [0.5, 0.6) is 0 Å². The summed E-state index contributed by atoms with van der Waals surface area (Å²) in [7, 11) is -16.6. The van der Waals surface area contributed by atoms with Crippen LogP contribution in [0.3, 0.4) is 0 Å². The van der Waals surface area contributed by atoms with Gasteiger partial charge in [-0.25, -0.2) is 28.4 Å². The Bertz CT molecular complexity index is 1800. The molecule has 10 N–H and O–H groups in total. The fourth-order valence-electron chi connectivity index (χ4n) is 4.86. The van der Waals surface area contributed by atoms with Crippen molar-refractivity contribution in [2.24, 2.45) is 5.73 Å².